The quantitative estimate of drug-likeness (QED) is 0.588. The molecule has 1 aromatic rings. The molecule has 1 unspecified atom stereocenters. The van der Waals surface area contributed by atoms with E-state index >= 15 is 0 Å². The Bertz CT molecular complexity index is 774. The second-order valence-electron chi connectivity index (χ2n) is 7.08. The highest BCUT2D eigenvalue weighted by Crippen LogP contribution is 2.23. The fourth-order valence-electron chi connectivity index (χ4n) is 3.04. The Balaban J connectivity index is 1.86. The smallest absolute Gasteiger partial charge is 0.372 e. The van der Waals surface area contributed by atoms with Gasteiger partial charge in [-0.3, -0.25) is 4.79 Å². The Kier molecular flexibility index (Phi) is 8.07. The first-order valence-electron chi connectivity index (χ1n) is 9.57. The lowest BCUT2D eigenvalue weighted by Gasteiger charge is -2.34. The highest BCUT2D eigenvalue weighted by atomic mass is 32.2. The first-order chi connectivity index (χ1) is 13.5. The third-order valence-corrected chi connectivity index (χ3v) is 6.93. The van der Waals surface area contributed by atoms with E-state index in [0.29, 0.717) is 5.92 Å². The van der Waals surface area contributed by atoms with E-state index in [1.165, 1.54) is 9.21 Å². The third-order valence-electron chi connectivity index (χ3n) is 5.02. The van der Waals surface area contributed by atoms with Crippen molar-refractivity contribution < 1.29 is 31.1 Å². The molecule has 1 aromatic carbocycles. The number of benzene rings is 1. The van der Waals surface area contributed by atoms with E-state index in [2.05, 4.69) is 18.6 Å². The van der Waals surface area contributed by atoms with Crippen LogP contribution in [0.3, 0.4) is 0 Å². The maximum Gasteiger partial charge on any atom is 0.411 e. The summed E-state index contributed by atoms with van der Waals surface area (Å²) in [5, 5.41) is 0. The lowest BCUT2D eigenvalue weighted by molar-refractivity contribution is -0.175. The molecule has 1 atom stereocenters. The molecule has 1 amide bonds. The molecule has 1 aliphatic heterocycles. The molecule has 1 saturated heterocycles. The Morgan fingerprint density at radius 2 is 1.72 bits per heavy atom. The lowest BCUT2D eigenvalue weighted by atomic mass is 9.99. The molecule has 0 aromatic heterocycles. The average molecular weight is 436 g/mol. The van der Waals surface area contributed by atoms with Crippen molar-refractivity contribution in [3.05, 3.63) is 29.8 Å². The van der Waals surface area contributed by atoms with E-state index < -0.39 is 22.8 Å². The Morgan fingerprint density at radius 1 is 1.14 bits per heavy atom. The monoisotopic (exact) mass is 436 g/mol. The van der Waals surface area contributed by atoms with E-state index in [9.17, 15) is 26.4 Å². The maximum atomic E-state index is 12.8. The topological polar surface area (TPSA) is 66.9 Å². The van der Waals surface area contributed by atoms with Crippen LogP contribution < -0.4 is 0 Å². The summed E-state index contributed by atoms with van der Waals surface area (Å²) >= 11 is 0. The van der Waals surface area contributed by atoms with Crippen molar-refractivity contribution in [2.75, 3.05) is 39.4 Å². The van der Waals surface area contributed by atoms with Gasteiger partial charge in [0.2, 0.25) is 15.9 Å². The van der Waals surface area contributed by atoms with Crippen LogP contribution in [0.5, 0.6) is 0 Å². The number of ether oxygens (including phenoxy) is 1. The van der Waals surface area contributed by atoms with Crippen molar-refractivity contribution in [1.82, 2.24) is 9.21 Å². The zero-order valence-corrected chi connectivity index (χ0v) is 17.4. The predicted octanol–water partition coefficient (Wildman–Crippen LogP) is 3.00. The van der Waals surface area contributed by atoms with E-state index in [4.69, 9.17) is 0 Å². The number of hydrogen-bond donors (Lipinski definition) is 0. The molecule has 164 valence electrons. The molecule has 6 nitrogen and oxygen atoms in total. The summed E-state index contributed by atoms with van der Waals surface area (Å²) in [6, 6.07) is 6.85. The largest absolute Gasteiger partial charge is 0.411 e. The van der Waals surface area contributed by atoms with Crippen molar-refractivity contribution in [3.63, 3.8) is 0 Å². The third kappa shape index (κ3) is 6.68. The second-order valence-corrected chi connectivity index (χ2v) is 9.02. The van der Waals surface area contributed by atoms with Crippen LogP contribution in [0.1, 0.15) is 38.2 Å². The molecule has 2 rings (SSSR count). The molecule has 1 fully saturated rings. The summed E-state index contributed by atoms with van der Waals surface area (Å²) < 4.78 is 67.5. The summed E-state index contributed by atoms with van der Waals surface area (Å²) in [5.41, 5.74) is 1.08. The van der Waals surface area contributed by atoms with Crippen LogP contribution in [0.2, 0.25) is 0 Å². The molecule has 0 radical (unpaired) electrons. The summed E-state index contributed by atoms with van der Waals surface area (Å²) in [4.78, 5) is 13.7. The zero-order chi connectivity index (χ0) is 21.7. The predicted molar refractivity (Wildman–Crippen MR) is 102 cm³/mol. The molecule has 0 bridgehead atoms. The summed E-state index contributed by atoms with van der Waals surface area (Å²) in [6.07, 6.45) is -3.63. The number of piperazine rings is 1. The van der Waals surface area contributed by atoms with Crippen molar-refractivity contribution in [2.45, 2.75) is 43.7 Å². The van der Waals surface area contributed by atoms with Gasteiger partial charge in [-0.1, -0.05) is 26.0 Å². The van der Waals surface area contributed by atoms with Gasteiger partial charge >= 0.3 is 6.18 Å². The molecule has 0 N–H and O–H groups in total. The van der Waals surface area contributed by atoms with Gasteiger partial charge in [-0.15, -0.1) is 0 Å². The Morgan fingerprint density at radius 3 is 2.24 bits per heavy atom. The number of sulfonamides is 1. The normalized spacial score (nSPS) is 17.3. The minimum atomic E-state index is -4.42. The van der Waals surface area contributed by atoms with Gasteiger partial charge < -0.3 is 9.64 Å². The number of carbonyl (C=O) groups is 1. The Labute approximate surface area is 169 Å². The van der Waals surface area contributed by atoms with Crippen LogP contribution >= 0.6 is 0 Å². The number of carbonyl (C=O) groups excluding carboxylic acids is 1. The minimum Gasteiger partial charge on any atom is -0.372 e. The SMILES string of the molecule is CCC(C)c1ccc(S(=O)(=O)N2CCN(C(=O)CCOCC(F)(F)F)CC2)cc1. The number of nitrogens with zero attached hydrogens (tertiary/aromatic N) is 2. The second kappa shape index (κ2) is 9.90. The van der Waals surface area contributed by atoms with Crippen LogP contribution in [-0.2, 0) is 19.6 Å². The van der Waals surface area contributed by atoms with Gasteiger partial charge in [0.15, 0.2) is 0 Å². The van der Waals surface area contributed by atoms with Crippen molar-refractivity contribution in [2.24, 2.45) is 0 Å². The van der Waals surface area contributed by atoms with Crippen molar-refractivity contribution >= 4 is 15.9 Å². The molecule has 1 heterocycles. The standard InChI is InChI=1S/C19H27F3N2O4S/c1-3-15(2)16-4-6-17(7-5-16)29(26,27)24-11-9-23(10-12-24)18(25)8-13-28-14-19(20,21)22/h4-7,15H,3,8-14H2,1-2H3. The van der Waals surface area contributed by atoms with Crippen LogP contribution in [0.25, 0.3) is 0 Å². The first kappa shape index (κ1) is 23.6. The van der Waals surface area contributed by atoms with Gasteiger partial charge in [0.25, 0.3) is 0 Å². The summed E-state index contributed by atoms with van der Waals surface area (Å²) in [6.45, 7) is 3.12. The van der Waals surface area contributed by atoms with Gasteiger partial charge in [0.05, 0.1) is 17.9 Å². The van der Waals surface area contributed by atoms with E-state index in [1.54, 1.807) is 12.1 Å². The molecule has 29 heavy (non-hydrogen) atoms. The lowest BCUT2D eigenvalue weighted by Crippen LogP contribution is -2.50. The highest BCUT2D eigenvalue weighted by Gasteiger charge is 2.31. The van der Waals surface area contributed by atoms with Crippen molar-refractivity contribution in [1.29, 1.82) is 0 Å². The molecule has 1 aliphatic rings. The molecular formula is C19H27F3N2O4S. The van der Waals surface area contributed by atoms with Crippen LogP contribution in [0.15, 0.2) is 29.2 Å². The van der Waals surface area contributed by atoms with Gasteiger partial charge in [-0.25, -0.2) is 8.42 Å². The number of alkyl halides is 3. The molecule has 0 saturated carbocycles. The Hall–Kier alpha value is -1.65. The maximum absolute atomic E-state index is 12.8. The van der Waals surface area contributed by atoms with Gasteiger partial charge in [-0.2, -0.15) is 17.5 Å². The molecule has 0 spiro atoms. The van der Waals surface area contributed by atoms with Crippen LogP contribution in [-0.4, -0.2) is 69.1 Å². The van der Waals surface area contributed by atoms with Gasteiger partial charge in [0.1, 0.15) is 6.61 Å². The zero-order valence-electron chi connectivity index (χ0n) is 16.6. The molecule has 10 heteroatoms. The molecular weight excluding hydrogens is 409 g/mol. The van der Waals surface area contributed by atoms with Gasteiger partial charge in [0, 0.05) is 26.2 Å². The summed E-state index contributed by atoms with van der Waals surface area (Å²) in [7, 11) is -3.65. The number of halogens is 3. The van der Waals surface area contributed by atoms with Crippen LogP contribution in [0, 0.1) is 0 Å². The number of hydrogen-bond acceptors (Lipinski definition) is 4. The van der Waals surface area contributed by atoms with E-state index in [0.717, 1.165) is 12.0 Å². The fourth-order valence-corrected chi connectivity index (χ4v) is 4.46. The number of rotatable bonds is 8. The van der Waals surface area contributed by atoms with Crippen molar-refractivity contribution in [3.8, 4) is 0 Å². The minimum absolute atomic E-state index is 0.143. The first-order valence-corrected chi connectivity index (χ1v) is 11.0. The number of amides is 1. The average Bonchev–Trinajstić information content (AvgIpc) is 2.70. The van der Waals surface area contributed by atoms with E-state index in [1.807, 2.05) is 12.1 Å². The highest BCUT2D eigenvalue weighted by molar-refractivity contribution is 7.89. The molecule has 0 aliphatic carbocycles. The van der Waals surface area contributed by atoms with Gasteiger partial charge in [-0.05, 0) is 30.0 Å². The van der Waals surface area contributed by atoms with E-state index in [-0.39, 0.29) is 50.0 Å². The van der Waals surface area contributed by atoms with Crippen LogP contribution in [0.4, 0.5) is 13.2 Å². The summed E-state index contributed by atoms with van der Waals surface area (Å²) in [5.74, 6) is 0.00329. The fraction of sp³-hybridized carbons (Fsp3) is 0.632.